The van der Waals surface area contributed by atoms with E-state index in [4.69, 9.17) is 10.2 Å². The lowest BCUT2D eigenvalue weighted by Crippen LogP contribution is -2.40. The number of piperidine rings is 1. The molecule has 7 nitrogen and oxygen atoms in total. The van der Waals surface area contributed by atoms with Crippen LogP contribution in [0, 0.1) is 11.8 Å². The van der Waals surface area contributed by atoms with Gasteiger partial charge in [-0.1, -0.05) is 25.6 Å². The molecule has 2 unspecified atom stereocenters. The van der Waals surface area contributed by atoms with Gasteiger partial charge in [0.25, 0.3) is 0 Å². The van der Waals surface area contributed by atoms with Crippen molar-refractivity contribution >= 4 is 23.6 Å². The molecule has 0 bridgehead atoms. The number of amides is 1. The highest BCUT2D eigenvalue weighted by atomic mass is 32.2. The van der Waals surface area contributed by atoms with Crippen LogP contribution < -0.4 is 10.6 Å². The molecule has 25 heavy (non-hydrogen) atoms. The number of hydrogen-bond acceptors (Lipinski definition) is 6. The average molecular weight is 363 g/mol. The predicted molar refractivity (Wildman–Crippen MR) is 97.5 cm³/mol. The molecular weight excluding hydrogens is 338 g/mol. The Hall–Kier alpha value is -1.96. The first-order valence-electron chi connectivity index (χ1n) is 8.64. The fraction of sp³-hybridized carbons (Fsp3) is 0.588. The molecule has 2 N–H and O–H groups in total. The first-order chi connectivity index (χ1) is 12.0. The summed E-state index contributed by atoms with van der Waals surface area (Å²) in [4.78, 5) is 13.3. The highest BCUT2D eigenvalue weighted by Gasteiger charge is 2.27. The van der Waals surface area contributed by atoms with Gasteiger partial charge in [0.1, 0.15) is 5.76 Å². The minimum atomic E-state index is -0.302. The number of aromatic nitrogens is 3. The topological polar surface area (TPSA) is 90.2 Å². The van der Waals surface area contributed by atoms with Crippen LogP contribution in [0.5, 0.6) is 0 Å². The van der Waals surface area contributed by atoms with Crippen molar-refractivity contribution in [1.82, 2.24) is 14.8 Å². The number of hydrogen-bond donors (Lipinski definition) is 1. The van der Waals surface area contributed by atoms with Crippen LogP contribution in [0.15, 0.2) is 28.0 Å². The number of nitrogens with two attached hydrogens (primary N) is 1. The van der Waals surface area contributed by atoms with E-state index in [2.05, 4.69) is 33.5 Å². The molecule has 3 rings (SSSR count). The Morgan fingerprint density at radius 1 is 1.36 bits per heavy atom. The van der Waals surface area contributed by atoms with Crippen molar-refractivity contribution < 1.29 is 9.21 Å². The second-order valence-electron chi connectivity index (χ2n) is 6.86. The zero-order valence-corrected chi connectivity index (χ0v) is 15.5. The van der Waals surface area contributed by atoms with Crippen molar-refractivity contribution in [2.45, 2.75) is 38.4 Å². The van der Waals surface area contributed by atoms with Crippen LogP contribution in [0.2, 0.25) is 0 Å². The van der Waals surface area contributed by atoms with Gasteiger partial charge in [-0.05, 0) is 30.4 Å². The SMILES string of the molecule is CC1CC(C)CN(c2nnc(SCCC(N)=O)n2Cc2ccco2)C1. The number of furan rings is 1. The normalized spacial score (nSPS) is 20.8. The maximum Gasteiger partial charge on any atom is 0.228 e. The third kappa shape index (κ3) is 4.56. The second-order valence-corrected chi connectivity index (χ2v) is 7.93. The zero-order valence-electron chi connectivity index (χ0n) is 14.7. The summed E-state index contributed by atoms with van der Waals surface area (Å²) >= 11 is 1.50. The fourth-order valence-corrected chi connectivity index (χ4v) is 4.27. The molecule has 0 saturated carbocycles. The molecule has 1 aliphatic heterocycles. The van der Waals surface area contributed by atoms with Crippen LogP contribution in [0.4, 0.5) is 5.95 Å². The minimum absolute atomic E-state index is 0.302. The molecule has 3 heterocycles. The maximum atomic E-state index is 11.0. The van der Waals surface area contributed by atoms with E-state index >= 15 is 0 Å². The van der Waals surface area contributed by atoms with Crippen molar-refractivity contribution in [3.05, 3.63) is 24.2 Å². The highest BCUT2D eigenvalue weighted by molar-refractivity contribution is 7.99. The Morgan fingerprint density at radius 2 is 2.12 bits per heavy atom. The van der Waals surface area contributed by atoms with Crippen LogP contribution in [0.25, 0.3) is 0 Å². The molecule has 2 aromatic rings. The Balaban J connectivity index is 1.83. The third-order valence-corrected chi connectivity index (χ3v) is 5.29. The monoisotopic (exact) mass is 363 g/mol. The molecule has 8 heteroatoms. The molecule has 0 spiro atoms. The number of nitrogens with zero attached hydrogens (tertiary/aromatic N) is 4. The Labute approximate surface area is 152 Å². The lowest BCUT2D eigenvalue weighted by Gasteiger charge is -2.35. The first-order valence-corrected chi connectivity index (χ1v) is 9.63. The molecular formula is C17H25N5O2S. The van der Waals surface area contributed by atoms with Gasteiger partial charge in [-0.2, -0.15) is 0 Å². The van der Waals surface area contributed by atoms with Gasteiger partial charge < -0.3 is 15.1 Å². The number of carbonyl (C=O) groups excluding carboxylic acids is 1. The van der Waals surface area contributed by atoms with E-state index in [1.165, 1.54) is 18.2 Å². The third-order valence-electron chi connectivity index (χ3n) is 4.32. The molecule has 136 valence electrons. The van der Waals surface area contributed by atoms with E-state index < -0.39 is 0 Å². The summed E-state index contributed by atoms with van der Waals surface area (Å²) in [6.45, 7) is 7.09. The van der Waals surface area contributed by atoms with Crippen molar-refractivity contribution in [1.29, 1.82) is 0 Å². The van der Waals surface area contributed by atoms with Gasteiger partial charge in [-0.25, -0.2) is 0 Å². The highest BCUT2D eigenvalue weighted by Crippen LogP contribution is 2.29. The second kappa shape index (κ2) is 7.95. The van der Waals surface area contributed by atoms with E-state index in [-0.39, 0.29) is 5.91 Å². The van der Waals surface area contributed by atoms with Crippen LogP contribution in [-0.2, 0) is 11.3 Å². The molecule has 2 atom stereocenters. The standard InChI is InChI=1S/C17H25N5O2S/c1-12-8-13(2)10-21(9-12)16-19-20-17(25-7-5-15(18)23)22(16)11-14-4-3-6-24-14/h3-4,6,12-13H,5,7-11H2,1-2H3,(H2,18,23). The smallest absolute Gasteiger partial charge is 0.228 e. The largest absolute Gasteiger partial charge is 0.467 e. The fourth-order valence-electron chi connectivity index (χ4n) is 3.39. The summed E-state index contributed by atoms with van der Waals surface area (Å²) in [6, 6.07) is 3.83. The summed E-state index contributed by atoms with van der Waals surface area (Å²) in [5.41, 5.74) is 5.24. The van der Waals surface area contributed by atoms with Crippen LogP contribution in [0.1, 0.15) is 32.4 Å². The lowest BCUT2D eigenvalue weighted by atomic mass is 9.92. The predicted octanol–water partition coefficient (Wildman–Crippen LogP) is 2.37. The molecule has 0 radical (unpaired) electrons. The molecule has 1 amide bonds. The van der Waals surface area contributed by atoms with E-state index in [1.54, 1.807) is 6.26 Å². The summed E-state index contributed by atoms with van der Waals surface area (Å²) in [5.74, 6) is 3.28. The number of carbonyl (C=O) groups is 1. The van der Waals surface area contributed by atoms with E-state index in [1.807, 2.05) is 12.1 Å². The Morgan fingerprint density at radius 3 is 2.76 bits per heavy atom. The zero-order chi connectivity index (χ0) is 17.8. The molecule has 0 aromatic carbocycles. The maximum absolute atomic E-state index is 11.0. The quantitative estimate of drug-likeness (QED) is 0.760. The van der Waals surface area contributed by atoms with Gasteiger partial charge >= 0.3 is 0 Å². The summed E-state index contributed by atoms with van der Waals surface area (Å²) in [7, 11) is 0. The molecule has 1 aliphatic rings. The summed E-state index contributed by atoms with van der Waals surface area (Å²) < 4.78 is 7.59. The van der Waals surface area contributed by atoms with E-state index in [0.717, 1.165) is 30.0 Å². The van der Waals surface area contributed by atoms with Gasteiger partial charge in [-0.15, -0.1) is 10.2 Å². The van der Waals surface area contributed by atoms with Gasteiger partial charge in [0, 0.05) is 25.3 Å². The van der Waals surface area contributed by atoms with Crippen molar-refractivity contribution in [3.8, 4) is 0 Å². The van der Waals surface area contributed by atoms with Crippen LogP contribution in [-0.4, -0.2) is 39.5 Å². The van der Waals surface area contributed by atoms with E-state index in [0.29, 0.717) is 30.6 Å². The van der Waals surface area contributed by atoms with Gasteiger partial charge in [0.05, 0.1) is 12.8 Å². The van der Waals surface area contributed by atoms with Gasteiger partial charge in [-0.3, -0.25) is 9.36 Å². The average Bonchev–Trinajstić information content (AvgIpc) is 3.17. The number of anilines is 1. The Bertz CT molecular complexity index is 690. The minimum Gasteiger partial charge on any atom is -0.467 e. The van der Waals surface area contributed by atoms with Crippen LogP contribution >= 0.6 is 11.8 Å². The molecule has 2 aromatic heterocycles. The summed E-state index contributed by atoms with van der Waals surface area (Å²) in [6.07, 6.45) is 3.23. The number of thioether (sulfide) groups is 1. The number of primary amides is 1. The molecule has 0 aliphatic carbocycles. The van der Waals surface area contributed by atoms with E-state index in [9.17, 15) is 4.79 Å². The molecule has 1 fully saturated rings. The number of rotatable bonds is 7. The molecule has 1 saturated heterocycles. The van der Waals surface area contributed by atoms with Gasteiger partial charge in [0.2, 0.25) is 11.9 Å². The van der Waals surface area contributed by atoms with Gasteiger partial charge in [0.15, 0.2) is 5.16 Å². The summed E-state index contributed by atoms with van der Waals surface area (Å²) in [5, 5.41) is 9.60. The van der Waals surface area contributed by atoms with Crippen LogP contribution in [0.3, 0.4) is 0 Å². The Kier molecular flexibility index (Phi) is 5.67. The van der Waals surface area contributed by atoms with Crippen molar-refractivity contribution in [3.63, 3.8) is 0 Å². The lowest BCUT2D eigenvalue weighted by molar-refractivity contribution is -0.117. The first kappa shape index (κ1) is 17.8. The van der Waals surface area contributed by atoms with Crippen molar-refractivity contribution in [2.24, 2.45) is 17.6 Å². The van der Waals surface area contributed by atoms with Crippen molar-refractivity contribution in [2.75, 3.05) is 23.7 Å².